The average Bonchev–Trinajstić information content (AvgIpc) is 2.83. The molecule has 4 nitrogen and oxygen atoms in total. The highest BCUT2D eigenvalue weighted by Crippen LogP contribution is 2.23. The first-order valence-electron chi connectivity index (χ1n) is 6.40. The SMILES string of the molecule is CCCNC(CC(CC)CC)c1cn[nH]n1. The summed E-state index contributed by atoms with van der Waals surface area (Å²) in [6.45, 7) is 7.74. The van der Waals surface area contributed by atoms with Gasteiger partial charge >= 0.3 is 0 Å². The maximum atomic E-state index is 4.19. The molecule has 0 radical (unpaired) electrons. The molecule has 16 heavy (non-hydrogen) atoms. The first-order chi connectivity index (χ1) is 7.81. The number of aromatic nitrogens is 3. The molecule has 1 unspecified atom stereocenters. The molecule has 0 aliphatic carbocycles. The lowest BCUT2D eigenvalue weighted by Crippen LogP contribution is -2.24. The average molecular weight is 224 g/mol. The molecule has 0 amide bonds. The highest BCUT2D eigenvalue weighted by Gasteiger charge is 2.17. The van der Waals surface area contributed by atoms with Crippen molar-refractivity contribution in [1.29, 1.82) is 0 Å². The second kappa shape index (κ2) is 7.39. The third kappa shape index (κ3) is 3.93. The summed E-state index contributed by atoms with van der Waals surface area (Å²) in [5, 5.41) is 14.3. The van der Waals surface area contributed by atoms with Crippen LogP contribution in [0.3, 0.4) is 0 Å². The summed E-state index contributed by atoms with van der Waals surface area (Å²) in [4.78, 5) is 0. The van der Waals surface area contributed by atoms with Crippen molar-refractivity contribution in [3.8, 4) is 0 Å². The van der Waals surface area contributed by atoms with Gasteiger partial charge in [0.25, 0.3) is 0 Å². The standard InChI is InChI=1S/C12H24N4/c1-4-7-13-11(8-10(5-2)6-3)12-9-14-16-15-12/h9-11,13H,4-8H2,1-3H3,(H,14,15,16). The van der Waals surface area contributed by atoms with Gasteiger partial charge in [0.15, 0.2) is 0 Å². The van der Waals surface area contributed by atoms with Crippen LogP contribution in [0.2, 0.25) is 0 Å². The Hall–Kier alpha value is -0.900. The molecule has 0 saturated heterocycles. The molecule has 1 atom stereocenters. The summed E-state index contributed by atoms with van der Waals surface area (Å²) >= 11 is 0. The Labute approximate surface area is 98.2 Å². The molecular weight excluding hydrogens is 200 g/mol. The fourth-order valence-corrected chi connectivity index (χ4v) is 1.96. The second-order valence-corrected chi connectivity index (χ2v) is 4.32. The van der Waals surface area contributed by atoms with Crippen molar-refractivity contribution in [2.24, 2.45) is 5.92 Å². The van der Waals surface area contributed by atoms with Gasteiger partial charge in [0.1, 0.15) is 0 Å². The van der Waals surface area contributed by atoms with Gasteiger partial charge in [-0.05, 0) is 25.3 Å². The Kier molecular flexibility index (Phi) is 6.08. The molecule has 0 fully saturated rings. The van der Waals surface area contributed by atoms with Gasteiger partial charge in [0.05, 0.1) is 17.9 Å². The third-order valence-corrected chi connectivity index (χ3v) is 3.16. The molecule has 0 spiro atoms. The molecule has 0 bridgehead atoms. The maximum Gasteiger partial charge on any atom is 0.0993 e. The molecule has 1 aromatic heterocycles. The Balaban J connectivity index is 2.56. The highest BCUT2D eigenvalue weighted by atomic mass is 15.3. The summed E-state index contributed by atoms with van der Waals surface area (Å²) in [6.07, 6.45) is 6.60. The minimum Gasteiger partial charge on any atom is -0.309 e. The van der Waals surface area contributed by atoms with E-state index in [1.807, 2.05) is 6.20 Å². The van der Waals surface area contributed by atoms with E-state index in [2.05, 4.69) is 41.5 Å². The summed E-state index contributed by atoms with van der Waals surface area (Å²) in [5.41, 5.74) is 1.04. The van der Waals surface area contributed by atoms with E-state index in [-0.39, 0.29) is 0 Å². The van der Waals surface area contributed by atoms with E-state index in [9.17, 15) is 0 Å². The van der Waals surface area contributed by atoms with Crippen molar-refractivity contribution in [3.63, 3.8) is 0 Å². The lowest BCUT2D eigenvalue weighted by Gasteiger charge is -2.21. The van der Waals surface area contributed by atoms with Crippen molar-refractivity contribution >= 4 is 0 Å². The largest absolute Gasteiger partial charge is 0.309 e. The van der Waals surface area contributed by atoms with Crippen molar-refractivity contribution in [2.75, 3.05) is 6.54 Å². The van der Waals surface area contributed by atoms with Gasteiger partial charge in [-0.25, -0.2) is 0 Å². The Bertz CT molecular complexity index is 254. The summed E-state index contributed by atoms with van der Waals surface area (Å²) < 4.78 is 0. The Morgan fingerprint density at radius 1 is 1.31 bits per heavy atom. The lowest BCUT2D eigenvalue weighted by molar-refractivity contribution is 0.366. The van der Waals surface area contributed by atoms with Crippen LogP contribution in [0.1, 0.15) is 58.2 Å². The third-order valence-electron chi connectivity index (χ3n) is 3.16. The van der Waals surface area contributed by atoms with Crippen molar-refractivity contribution in [2.45, 2.75) is 52.5 Å². The zero-order chi connectivity index (χ0) is 11.8. The molecule has 4 heteroatoms. The van der Waals surface area contributed by atoms with Crippen LogP contribution in [0.25, 0.3) is 0 Å². The zero-order valence-corrected chi connectivity index (χ0v) is 10.7. The zero-order valence-electron chi connectivity index (χ0n) is 10.7. The number of nitrogens with zero attached hydrogens (tertiary/aromatic N) is 2. The van der Waals surface area contributed by atoms with Gasteiger partial charge in [-0.1, -0.05) is 33.6 Å². The minimum absolute atomic E-state index is 0.351. The highest BCUT2D eigenvalue weighted by molar-refractivity contribution is 4.99. The monoisotopic (exact) mass is 224 g/mol. The van der Waals surface area contributed by atoms with Crippen molar-refractivity contribution < 1.29 is 0 Å². The normalized spacial score (nSPS) is 13.2. The van der Waals surface area contributed by atoms with Gasteiger partial charge in [0.2, 0.25) is 0 Å². The molecule has 1 rings (SSSR count). The van der Waals surface area contributed by atoms with Gasteiger partial charge in [-0.2, -0.15) is 15.4 Å². The number of nitrogens with one attached hydrogen (secondary N) is 2. The quantitative estimate of drug-likeness (QED) is 0.714. The van der Waals surface area contributed by atoms with Gasteiger partial charge < -0.3 is 5.32 Å². The number of hydrogen-bond acceptors (Lipinski definition) is 3. The van der Waals surface area contributed by atoms with E-state index in [1.54, 1.807) is 0 Å². The van der Waals surface area contributed by atoms with Crippen LogP contribution in [0.5, 0.6) is 0 Å². The number of rotatable bonds is 8. The predicted octanol–water partition coefficient (Wildman–Crippen LogP) is 2.67. The summed E-state index contributed by atoms with van der Waals surface area (Å²) in [6, 6.07) is 0.351. The molecule has 1 aromatic rings. The molecule has 1 heterocycles. The molecule has 92 valence electrons. The maximum absolute atomic E-state index is 4.19. The van der Waals surface area contributed by atoms with Crippen LogP contribution >= 0.6 is 0 Å². The van der Waals surface area contributed by atoms with Gasteiger partial charge in [0, 0.05) is 0 Å². The summed E-state index contributed by atoms with van der Waals surface area (Å²) in [5.74, 6) is 0.769. The number of hydrogen-bond donors (Lipinski definition) is 2. The fourth-order valence-electron chi connectivity index (χ4n) is 1.96. The van der Waals surface area contributed by atoms with Crippen molar-refractivity contribution in [1.82, 2.24) is 20.7 Å². The van der Waals surface area contributed by atoms with Crippen molar-refractivity contribution in [3.05, 3.63) is 11.9 Å². The van der Waals surface area contributed by atoms with Gasteiger partial charge in [-0.15, -0.1) is 0 Å². The molecule has 0 aliphatic rings. The number of H-pyrrole nitrogens is 1. The molecule has 0 saturated carbocycles. The summed E-state index contributed by atoms with van der Waals surface area (Å²) in [7, 11) is 0. The van der Waals surface area contributed by atoms with Gasteiger partial charge in [-0.3, -0.25) is 0 Å². The van der Waals surface area contributed by atoms with E-state index in [1.165, 1.54) is 12.8 Å². The second-order valence-electron chi connectivity index (χ2n) is 4.32. The molecule has 0 aliphatic heterocycles. The van der Waals surface area contributed by atoms with E-state index >= 15 is 0 Å². The smallest absolute Gasteiger partial charge is 0.0993 e. The van der Waals surface area contributed by atoms with Crippen LogP contribution in [0.4, 0.5) is 0 Å². The van der Waals surface area contributed by atoms with E-state index in [0.717, 1.165) is 31.0 Å². The van der Waals surface area contributed by atoms with Crippen LogP contribution in [0, 0.1) is 5.92 Å². The van der Waals surface area contributed by atoms with Crippen LogP contribution in [-0.4, -0.2) is 22.0 Å². The van der Waals surface area contributed by atoms with E-state index < -0.39 is 0 Å². The Morgan fingerprint density at radius 2 is 2.06 bits per heavy atom. The topological polar surface area (TPSA) is 53.6 Å². The predicted molar refractivity (Wildman–Crippen MR) is 66.1 cm³/mol. The van der Waals surface area contributed by atoms with E-state index in [4.69, 9.17) is 0 Å². The Morgan fingerprint density at radius 3 is 2.56 bits per heavy atom. The number of aromatic amines is 1. The van der Waals surface area contributed by atoms with Crippen LogP contribution in [0.15, 0.2) is 6.20 Å². The molecule has 0 aromatic carbocycles. The minimum atomic E-state index is 0.351. The first-order valence-corrected chi connectivity index (χ1v) is 6.40. The van der Waals surface area contributed by atoms with E-state index in [0.29, 0.717) is 6.04 Å². The molecule has 2 N–H and O–H groups in total. The fraction of sp³-hybridized carbons (Fsp3) is 0.833. The van der Waals surface area contributed by atoms with Crippen LogP contribution < -0.4 is 5.32 Å². The van der Waals surface area contributed by atoms with Crippen LogP contribution in [-0.2, 0) is 0 Å². The molecular formula is C12H24N4. The lowest BCUT2D eigenvalue weighted by atomic mass is 9.93. The first kappa shape index (κ1) is 13.2.